The number of rotatable bonds is 11. The second-order valence-electron chi connectivity index (χ2n) is 20.6. The Bertz CT molecular complexity index is 2920. The Hall–Kier alpha value is -6.23. The van der Waals surface area contributed by atoms with Gasteiger partial charge in [-0.15, -0.1) is 0 Å². The Balaban J connectivity index is 0.873. The van der Waals surface area contributed by atoms with Gasteiger partial charge in [0.25, 0.3) is 21.6 Å². The molecule has 2 amide bonds. The van der Waals surface area contributed by atoms with Crippen molar-refractivity contribution in [3.63, 3.8) is 0 Å². The second kappa shape index (κ2) is 17.4. The molecule has 5 aromatic rings. The number of nitrogens with zero attached hydrogens (tertiary/aromatic N) is 4. The Kier molecular flexibility index (Phi) is 11.6. The number of H-pyrrole nitrogens is 1. The second-order valence-corrected chi connectivity index (χ2v) is 22.3. The standard InChI is InChI=1S/C51H58FN7O8S/c1-30(2)35-8-5-6-9-36(35)37-10-7-11-42(37)58-29-51(49(58)61)18-20-57(21-19-51)32-12-13-38(44(22-32)67-33-23-39-40(52)27-54-47(39)53-26-33)48(60)56-68(64,65)34-24-43(59(62)63)46-45(25-34)66-28-41(55-46)31-14-16-50(3,4)17-15-31/h5-6,8-9,12-13,22-27,30-31,37,41-42,55H,7,10-11,14-21,28-29H2,1-4H3,(H,53,54)(H,56,60)/t37-,41-,42-/m1/s1. The number of likely N-dealkylation sites (tertiary alicyclic amines) is 1. The van der Waals surface area contributed by atoms with E-state index in [1.54, 1.807) is 12.1 Å². The van der Waals surface area contributed by atoms with E-state index in [-0.39, 0.29) is 75.5 Å². The van der Waals surface area contributed by atoms with Crippen molar-refractivity contribution in [2.24, 2.45) is 16.7 Å². The zero-order valence-electron chi connectivity index (χ0n) is 38.8. The smallest absolute Gasteiger partial charge is 0.297 e. The van der Waals surface area contributed by atoms with Gasteiger partial charge in [0.1, 0.15) is 29.6 Å². The minimum atomic E-state index is -4.72. The van der Waals surface area contributed by atoms with Crippen LogP contribution in [0.2, 0.25) is 0 Å². The summed E-state index contributed by atoms with van der Waals surface area (Å²) >= 11 is 0. The lowest BCUT2D eigenvalue weighted by atomic mass is 9.69. The number of piperidine rings is 1. The highest BCUT2D eigenvalue weighted by Crippen LogP contribution is 2.50. The van der Waals surface area contributed by atoms with E-state index in [1.165, 1.54) is 41.7 Å². The van der Waals surface area contributed by atoms with Crippen molar-refractivity contribution >= 4 is 49.9 Å². The average Bonchev–Trinajstić information content (AvgIpc) is 3.96. The third kappa shape index (κ3) is 8.40. The van der Waals surface area contributed by atoms with Gasteiger partial charge in [-0.1, -0.05) is 58.4 Å². The third-order valence-electron chi connectivity index (χ3n) is 15.6. The number of carbonyl (C=O) groups excluding carboxylic acids is 2. The molecular weight excluding hydrogens is 890 g/mol. The zero-order chi connectivity index (χ0) is 47.7. The number of benzene rings is 3. The van der Waals surface area contributed by atoms with Crippen LogP contribution < -0.4 is 24.4 Å². The summed E-state index contributed by atoms with van der Waals surface area (Å²) in [6.45, 7) is 10.9. The monoisotopic (exact) mass is 947 g/mol. The van der Waals surface area contributed by atoms with E-state index >= 15 is 0 Å². The SMILES string of the molecule is CC(C)c1ccccc1[C@H]1CCC[C@H]1N1CC2(CCN(c3ccc(C(=O)NS(=O)(=O)c4cc5c(c([N+](=O)[O-])c4)N[C@@H](C4CCC(C)(C)CC4)CO5)c(Oc4cnc5[nH]cc(F)c5c4)c3)CC2)C1=O. The zero-order valence-corrected chi connectivity index (χ0v) is 39.7. The summed E-state index contributed by atoms with van der Waals surface area (Å²) in [5.41, 5.74) is 2.90. The molecule has 4 fully saturated rings. The van der Waals surface area contributed by atoms with Crippen molar-refractivity contribution in [2.45, 2.75) is 114 Å². The van der Waals surface area contributed by atoms with E-state index in [2.05, 4.69) is 81.8 Å². The first-order chi connectivity index (χ1) is 32.5. The maximum Gasteiger partial charge on any atom is 0.297 e. The molecule has 2 aromatic heterocycles. The van der Waals surface area contributed by atoms with Crippen molar-refractivity contribution in [2.75, 3.05) is 36.5 Å². The van der Waals surface area contributed by atoms with E-state index < -0.39 is 42.7 Å². The number of carbonyl (C=O) groups is 2. The van der Waals surface area contributed by atoms with Gasteiger partial charge in [0.05, 0.1) is 38.4 Å². The van der Waals surface area contributed by atoms with Gasteiger partial charge in [-0.3, -0.25) is 19.7 Å². The number of anilines is 2. The number of aromatic nitrogens is 2. The van der Waals surface area contributed by atoms with Crippen LogP contribution >= 0.6 is 0 Å². The molecular formula is C51H58FN7O8S. The summed E-state index contributed by atoms with van der Waals surface area (Å²) in [7, 11) is -4.72. The molecule has 2 saturated heterocycles. The van der Waals surface area contributed by atoms with Crippen molar-refractivity contribution in [1.82, 2.24) is 19.6 Å². The number of β-lactam (4-membered cyclic amide) rings is 1. The van der Waals surface area contributed by atoms with Crippen LogP contribution in [0.1, 0.15) is 119 Å². The van der Waals surface area contributed by atoms with Crippen LogP contribution in [0.15, 0.2) is 78.0 Å². The predicted octanol–water partition coefficient (Wildman–Crippen LogP) is 9.80. The quantitative estimate of drug-likeness (QED) is 0.0649. The maximum atomic E-state index is 14.7. The number of nitrogens with one attached hydrogen (secondary N) is 3. The minimum absolute atomic E-state index is 0.00225. The number of hydrogen-bond acceptors (Lipinski definition) is 11. The Labute approximate surface area is 395 Å². The first-order valence-corrected chi connectivity index (χ1v) is 25.4. The fourth-order valence-electron chi connectivity index (χ4n) is 11.5. The molecule has 0 unspecified atom stereocenters. The lowest BCUT2D eigenvalue weighted by molar-refractivity contribution is -0.384. The van der Waals surface area contributed by atoms with E-state index in [9.17, 15) is 32.5 Å². The largest absolute Gasteiger partial charge is 0.489 e. The first kappa shape index (κ1) is 45.5. The van der Waals surface area contributed by atoms with Gasteiger partial charge in [0, 0.05) is 61.7 Å². The molecule has 5 heterocycles. The van der Waals surface area contributed by atoms with Gasteiger partial charge in [0.2, 0.25) is 5.91 Å². The van der Waals surface area contributed by atoms with Gasteiger partial charge in [0.15, 0.2) is 11.4 Å². The van der Waals surface area contributed by atoms with Crippen molar-refractivity contribution in [3.8, 4) is 17.2 Å². The summed E-state index contributed by atoms with van der Waals surface area (Å²) in [6.07, 6.45) is 10.9. The molecule has 2 saturated carbocycles. The van der Waals surface area contributed by atoms with Crippen molar-refractivity contribution in [1.29, 1.82) is 0 Å². The number of sulfonamides is 1. The maximum absolute atomic E-state index is 14.7. The molecule has 15 nitrogen and oxygen atoms in total. The number of hydrogen-bond donors (Lipinski definition) is 3. The molecule has 0 bridgehead atoms. The van der Waals surface area contributed by atoms with E-state index in [4.69, 9.17) is 9.47 Å². The summed E-state index contributed by atoms with van der Waals surface area (Å²) in [6, 6.07) is 16.9. The van der Waals surface area contributed by atoms with Crippen LogP contribution in [0.5, 0.6) is 17.2 Å². The molecule has 1 spiro atoms. The molecule has 358 valence electrons. The molecule has 2 aliphatic carbocycles. The van der Waals surface area contributed by atoms with Gasteiger partial charge >= 0.3 is 0 Å². The van der Waals surface area contributed by atoms with Gasteiger partial charge in [-0.2, -0.15) is 0 Å². The van der Waals surface area contributed by atoms with Crippen LogP contribution in [0.25, 0.3) is 11.0 Å². The highest BCUT2D eigenvalue weighted by atomic mass is 32.2. The lowest BCUT2D eigenvalue weighted by Gasteiger charge is -2.55. The first-order valence-electron chi connectivity index (χ1n) is 23.9. The predicted molar refractivity (Wildman–Crippen MR) is 255 cm³/mol. The Morgan fingerprint density at radius 1 is 1.03 bits per heavy atom. The average molecular weight is 948 g/mol. The molecule has 5 aliphatic rings. The van der Waals surface area contributed by atoms with Crippen LogP contribution in [0.4, 0.5) is 21.5 Å². The van der Waals surface area contributed by atoms with Crippen molar-refractivity contribution in [3.05, 3.63) is 106 Å². The summed E-state index contributed by atoms with van der Waals surface area (Å²) in [4.78, 5) is 50.8. The van der Waals surface area contributed by atoms with Crippen LogP contribution in [-0.4, -0.2) is 78.3 Å². The molecule has 3 atom stereocenters. The number of nitro benzene ring substituents is 1. The molecule has 0 radical (unpaired) electrons. The van der Waals surface area contributed by atoms with E-state index in [0.717, 1.165) is 51.0 Å². The fourth-order valence-corrected chi connectivity index (χ4v) is 12.5. The Morgan fingerprint density at radius 3 is 2.53 bits per heavy atom. The third-order valence-corrected chi connectivity index (χ3v) is 16.9. The number of nitro groups is 1. The molecule has 10 rings (SSSR count). The van der Waals surface area contributed by atoms with Crippen LogP contribution in [-0.2, 0) is 14.8 Å². The number of fused-ring (bicyclic) bond motifs is 2. The minimum Gasteiger partial charge on any atom is -0.489 e. The molecule has 3 aliphatic heterocycles. The number of aromatic amines is 1. The number of amides is 2. The topological polar surface area (TPSA) is 189 Å². The fraction of sp³-hybridized carbons (Fsp3) is 0.471. The van der Waals surface area contributed by atoms with Gasteiger partial charge in [-0.25, -0.2) is 22.5 Å². The van der Waals surface area contributed by atoms with Crippen LogP contribution in [0.3, 0.4) is 0 Å². The summed E-state index contributed by atoms with van der Waals surface area (Å²) in [5, 5.41) is 15.9. The molecule has 17 heteroatoms. The summed E-state index contributed by atoms with van der Waals surface area (Å²) < 4.78 is 57.0. The van der Waals surface area contributed by atoms with Gasteiger partial charge < -0.3 is 29.6 Å². The molecule has 3 aromatic carbocycles. The number of ether oxygens (including phenoxy) is 2. The van der Waals surface area contributed by atoms with Gasteiger partial charge in [-0.05, 0) is 97.9 Å². The number of halogens is 1. The Morgan fingerprint density at radius 2 is 1.79 bits per heavy atom. The molecule has 68 heavy (non-hydrogen) atoms. The van der Waals surface area contributed by atoms with E-state index in [1.807, 2.05) is 0 Å². The number of pyridine rings is 1. The summed E-state index contributed by atoms with van der Waals surface area (Å²) in [5.74, 6) is -0.395. The molecule has 3 N–H and O–H groups in total. The van der Waals surface area contributed by atoms with E-state index in [0.29, 0.717) is 50.0 Å². The lowest BCUT2D eigenvalue weighted by Crippen LogP contribution is -2.67. The van der Waals surface area contributed by atoms with Crippen molar-refractivity contribution < 1.29 is 36.8 Å². The van der Waals surface area contributed by atoms with Crippen LogP contribution in [0, 0.1) is 32.7 Å². The highest BCUT2D eigenvalue weighted by molar-refractivity contribution is 7.90. The highest BCUT2D eigenvalue weighted by Gasteiger charge is 2.56. The normalized spacial score (nSPS) is 22.4.